The fourth-order valence-corrected chi connectivity index (χ4v) is 5.45. The van der Waals surface area contributed by atoms with E-state index < -0.39 is 0 Å². The van der Waals surface area contributed by atoms with Gasteiger partial charge in [0, 0.05) is 41.1 Å². The van der Waals surface area contributed by atoms with Crippen molar-refractivity contribution in [3.63, 3.8) is 0 Å². The van der Waals surface area contributed by atoms with Crippen molar-refractivity contribution in [2.75, 3.05) is 31.2 Å². The minimum absolute atomic E-state index is 0.114. The summed E-state index contributed by atoms with van der Waals surface area (Å²) >= 11 is 0. The molecule has 2 aliphatic rings. The van der Waals surface area contributed by atoms with Gasteiger partial charge in [0.15, 0.2) is 12.3 Å². The van der Waals surface area contributed by atoms with Gasteiger partial charge in [0.25, 0.3) is 0 Å². The molecule has 2 N–H and O–H groups in total. The topological polar surface area (TPSA) is 46.7 Å². The number of nitrogens with zero attached hydrogens (tertiary/aromatic N) is 2. The standard InChI is InChI=1S/C31H37N2O2/c1-30(2)24-14-10-12-16-26(24)32(20-22-34)28(30)18-8-6-5-7-9-19-29-31(3,4)25-15-11-13-17-27(25)33(29)21-23-35/h5-19,34-35H,20-23H2,1-4H3/q+1. The zero-order chi connectivity index (χ0) is 25.1. The van der Waals surface area contributed by atoms with Gasteiger partial charge in [-0.25, -0.2) is 0 Å². The van der Waals surface area contributed by atoms with Crippen LogP contribution in [0.1, 0.15) is 38.8 Å². The monoisotopic (exact) mass is 469 g/mol. The molecule has 0 atom stereocenters. The van der Waals surface area contributed by atoms with E-state index in [1.54, 1.807) is 0 Å². The normalized spacial score (nSPS) is 19.6. The van der Waals surface area contributed by atoms with E-state index in [1.165, 1.54) is 33.9 Å². The minimum atomic E-state index is -0.115. The molecule has 2 aromatic carbocycles. The molecule has 0 amide bonds. The quantitative estimate of drug-likeness (QED) is 0.402. The molecular formula is C31H37N2O2+. The maximum atomic E-state index is 9.62. The first-order chi connectivity index (χ1) is 16.8. The van der Waals surface area contributed by atoms with Crippen LogP contribution >= 0.6 is 0 Å². The third kappa shape index (κ3) is 4.56. The first-order valence-corrected chi connectivity index (χ1v) is 12.4. The Bertz CT molecular complexity index is 1230. The number of β-amino-alcohol motifs (C(OH)–C–C–N with tert-alkyl or cyclic N) is 2. The lowest BCUT2D eigenvalue weighted by atomic mass is 9.81. The first-order valence-electron chi connectivity index (χ1n) is 12.4. The van der Waals surface area contributed by atoms with E-state index in [9.17, 15) is 10.2 Å². The second kappa shape index (κ2) is 10.2. The average Bonchev–Trinajstić information content (AvgIpc) is 3.19. The Balaban J connectivity index is 1.51. The Hall–Kier alpha value is -3.21. The number of hydrogen-bond acceptors (Lipinski definition) is 3. The molecule has 4 rings (SSSR count). The number of aliphatic hydroxyl groups excluding tert-OH is 2. The number of hydrogen-bond donors (Lipinski definition) is 2. The summed E-state index contributed by atoms with van der Waals surface area (Å²) < 4.78 is 2.22. The van der Waals surface area contributed by atoms with Gasteiger partial charge in [-0.2, -0.15) is 4.58 Å². The van der Waals surface area contributed by atoms with E-state index in [4.69, 9.17) is 0 Å². The van der Waals surface area contributed by atoms with E-state index in [1.807, 2.05) is 18.2 Å². The molecule has 2 aromatic rings. The van der Waals surface area contributed by atoms with E-state index >= 15 is 0 Å². The molecule has 0 saturated heterocycles. The number of rotatable bonds is 8. The average molecular weight is 470 g/mol. The van der Waals surface area contributed by atoms with Crippen LogP contribution in [-0.2, 0) is 10.8 Å². The van der Waals surface area contributed by atoms with Crippen LogP contribution < -0.4 is 4.90 Å². The third-order valence-electron chi connectivity index (χ3n) is 7.20. The SMILES string of the molecule is CC1(C)C(/C=C/C=C/C=C/C=C2\N(CCO)c3ccccc3C2(C)C)=[N+](CCO)c2ccccc21. The van der Waals surface area contributed by atoms with Crippen LogP contribution in [0.15, 0.2) is 96.8 Å². The Kier molecular flexibility index (Phi) is 7.25. The molecule has 4 nitrogen and oxygen atoms in total. The highest BCUT2D eigenvalue weighted by atomic mass is 16.3. The van der Waals surface area contributed by atoms with E-state index in [-0.39, 0.29) is 24.0 Å². The highest BCUT2D eigenvalue weighted by Gasteiger charge is 2.43. The van der Waals surface area contributed by atoms with Crippen LogP contribution in [0.25, 0.3) is 0 Å². The molecule has 0 radical (unpaired) electrons. The fourth-order valence-electron chi connectivity index (χ4n) is 5.45. The molecule has 0 spiro atoms. The van der Waals surface area contributed by atoms with Crippen LogP contribution in [0.2, 0.25) is 0 Å². The molecule has 0 unspecified atom stereocenters. The van der Waals surface area contributed by atoms with Crippen molar-refractivity contribution in [2.45, 2.75) is 38.5 Å². The van der Waals surface area contributed by atoms with E-state index in [0.717, 1.165) is 0 Å². The summed E-state index contributed by atoms with van der Waals surface area (Å²) in [4.78, 5) is 2.22. The van der Waals surface area contributed by atoms with Crippen LogP contribution in [-0.4, -0.2) is 46.8 Å². The van der Waals surface area contributed by atoms with Crippen LogP contribution in [0.3, 0.4) is 0 Å². The number of para-hydroxylation sites is 2. The smallest absolute Gasteiger partial charge is 0.209 e. The van der Waals surface area contributed by atoms with Crippen LogP contribution in [0.4, 0.5) is 11.4 Å². The lowest BCUT2D eigenvalue weighted by Crippen LogP contribution is -2.28. The van der Waals surface area contributed by atoms with Crippen molar-refractivity contribution in [3.05, 3.63) is 108 Å². The zero-order valence-corrected chi connectivity index (χ0v) is 21.3. The van der Waals surface area contributed by atoms with Gasteiger partial charge >= 0.3 is 0 Å². The predicted octanol–water partition coefficient (Wildman–Crippen LogP) is 5.40. The van der Waals surface area contributed by atoms with Gasteiger partial charge in [-0.15, -0.1) is 0 Å². The lowest BCUT2D eigenvalue weighted by molar-refractivity contribution is -0.441. The Morgan fingerprint density at radius 3 is 2.17 bits per heavy atom. The second-order valence-corrected chi connectivity index (χ2v) is 10.1. The van der Waals surface area contributed by atoms with E-state index in [0.29, 0.717) is 13.1 Å². The van der Waals surface area contributed by atoms with Crippen molar-refractivity contribution in [1.82, 2.24) is 0 Å². The molecule has 0 bridgehead atoms. The van der Waals surface area contributed by atoms with Crippen molar-refractivity contribution >= 4 is 17.1 Å². The lowest BCUT2D eigenvalue weighted by Gasteiger charge is -2.26. The first kappa shape index (κ1) is 24.9. The van der Waals surface area contributed by atoms with Crippen molar-refractivity contribution in [2.24, 2.45) is 0 Å². The number of allylic oxidation sites excluding steroid dienone is 8. The molecule has 0 aliphatic carbocycles. The number of anilines is 1. The summed E-state index contributed by atoms with van der Waals surface area (Å²) in [7, 11) is 0. The number of aliphatic hydroxyl groups is 2. The summed E-state index contributed by atoms with van der Waals surface area (Å²) in [6.07, 6.45) is 14.5. The van der Waals surface area contributed by atoms with Gasteiger partial charge in [-0.3, -0.25) is 0 Å². The fraction of sp³-hybridized carbons (Fsp3) is 0.323. The highest BCUT2D eigenvalue weighted by molar-refractivity contribution is 6.03. The number of fused-ring (bicyclic) bond motifs is 2. The van der Waals surface area contributed by atoms with Gasteiger partial charge in [0.1, 0.15) is 6.61 Å². The molecule has 35 heavy (non-hydrogen) atoms. The Morgan fingerprint density at radius 1 is 0.771 bits per heavy atom. The molecule has 182 valence electrons. The van der Waals surface area contributed by atoms with Gasteiger partial charge in [0.2, 0.25) is 5.69 Å². The van der Waals surface area contributed by atoms with E-state index in [2.05, 4.69) is 110 Å². The van der Waals surface area contributed by atoms with Gasteiger partial charge < -0.3 is 15.1 Å². The van der Waals surface area contributed by atoms with Crippen molar-refractivity contribution in [1.29, 1.82) is 0 Å². The van der Waals surface area contributed by atoms with Crippen LogP contribution in [0, 0.1) is 0 Å². The summed E-state index contributed by atoms with van der Waals surface area (Å²) in [6, 6.07) is 16.9. The summed E-state index contributed by atoms with van der Waals surface area (Å²) in [5.41, 5.74) is 7.07. The van der Waals surface area contributed by atoms with Crippen LogP contribution in [0.5, 0.6) is 0 Å². The minimum Gasteiger partial charge on any atom is -0.395 e. The second-order valence-electron chi connectivity index (χ2n) is 10.1. The summed E-state index contributed by atoms with van der Waals surface area (Å²) in [6.45, 7) is 10.3. The van der Waals surface area contributed by atoms with Crippen molar-refractivity contribution < 1.29 is 14.8 Å². The molecule has 0 aromatic heterocycles. The third-order valence-corrected chi connectivity index (χ3v) is 7.20. The maximum Gasteiger partial charge on any atom is 0.209 e. The molecule has 2 aliphatic heterocycles. The van der Waals surface area contributed by atoms with Crippen molar-refractivity contribution in [3.8, 4) is 0 Å². The Morgan fingerprint density at radius 2 is 1.43 bits per heavy atom. The maximum absolute atomic E-state index is 9.62. The molecule has 0 fully saturated rings. The Labute approximate surface area is 209 Å². The van der Waals surface area contributed by atoms with Gasteiger partial charge in [-0.1, -0.05) is 80.6 Å². The molecule has 4 heteroatoms. The highest BCUT2D eigenvalue weighted by Crippen LogP contribution is 2.47. The van der Waals surface area contributed by atoms with Gasteiger partial charge in [0.05, 0.1) is 12.0 Å². The number of benzene rings is 2. The largest absolute Gasteiger partial charge is 0.395 e. The molecule has 2 heterocycles. The summed E-state index contributed by atoms with van der Waals surface area (Å²) in [5, 5.41) is 19.2. The summed E-state index contributed by atoms with van der Waals surface area (Å²) in [5.74, 6) is 0. The predicted molar refractivity (Wildman–Crippen MR) is 146 cm³/mol. The molecular weight excluding hydrogens is 432 g/mol. The van der Waals surface area contributed by atoms with Gasteiger partial charge in [-0.05, 0) is 31.6 Å². The zero-order valence-electron chi connectivity index (χ0n) is 21.3. The molecule has 0 saturated carbocycles.